The Morgan fingerprint density at radius 1 is 1.37 bits per heavy atom. The molecule has 2 rings (SSSR count). The summed E-state index contributed by atoms with van der Waals surface area (Å²) in [6, 6.07) is 10.4. The first-order chi connectivity index (χ1) is 9.22. The lowest BCUT2D eigenvalue weighted by atomic mass is 10.2. The summed E-state index contributed by atoms with van der Waals surface area (Å²) >= 11 is 1.60. The van der Waals surface area contributed by atoms with Crippen LogP contribution in [0.2, 0.25) is 0 Å². The molecule has 1 N–H and O–H groups in total. The van der Waals surface area contributed by atoms with E-state index < -0.39 is 4.92 Å². The summed E-state index contributed by atoms with van der Waals surface area (Å²) in [5.74, 6) is 0. The third-order valence-electron chi connectivity index (χ3n) is 2.55. The van der Waals surface area contributed by atoms with Gasteiger partial charge in [0.1, 0.15) is 5.69 Å². The van der Waals surface area contributed by atoms with Crippen molar-refractivity contribution in [3.8, 4) is 0 Å². The molecule has 0 saturated carbocycles. The van der Waals surface area contributed by atoms with Gasteiger partial charge >= 0.3 is 0 Å². The van der Waals surface area contributed by atoms with Gasteiger partial charge in [-0.3, -0.25) is 15.5 Å². The van der Waals surface area contributed by atoms with Crippen LogP contribution in [0.25, 0.3) is 0 Å². The lowest BCUT2D eigenvalue weighted by Gasteiger charge is -2.04. The Hall–Kier alpha value is -2.21. The fourth-order valence-corrected chi connectivity index (χ4v) is 2.39. The second kappa shape index (κ2) is 6.10. The highest BCUT2D eigenvalue weighted by atomic mass is 32.1. The predicted molar refractivity (Wildman–Crippen MR) is 77.9 cm³/mol. The van der Waals surface area contributed by atoms with Crippen molar-refractivity contribution in [2.45, 2.75) is 13.3 Å². The van der Waals surface area contributed by atoms with Gasteiger partial charge < -0.3 is 0 Å². The first kappa shape index (κ1) is 13.2. The minimum Gasteiger partial charge on any atom is -0.271 e. The smallest absolute Gasteiger partial charge is 0.271 e. The SMILES string of the molecule is CC/C(=N/Nc1ccccc1[N+](=O)[O-])c1cccs1. The molecule has 0 atom stereocenters. The number of hydrogen-bond donors (Lipinski definition) is 1. The molecule has 0 fully saturated rings. The summed E-state index contributed by atoms with van der Waals surface area (Å²) in [6.45, 7) is 2.00. The van der Waals surface area contributed by atoms with Gasteiger partial charge in [0.25, 0.3) is 5.69 Å². The molecule has 19 heavy (non-hydrogen) atoms. The van der Waals surface area contributed by atoms with Crippen LogP contribution < -0.4 is 5.43 Å². The topological polar surface area (TPSA) is 67.5 Å². The number of rotatable bonds is 5. The number of para-hydroxylation sites is 2. The van der Waals surface area contributed by atoms with Crippen LogP contribution >= 0.6 is 11.3 Å². The molecule has 0 unspecified atom stereocenters. The van der Waals surface area contributed by atoms with E-state index in [0.717, 1.165) is 17.0 Å². The quantitative estimate of drug-likeness (QED) is 0.511. The van der Waals surface area contributed by atoms with E-state index >= 15 is 0 Å². The first-order valence-corrected chi connectivity index (χ1v) is 6.70. The molecule has 0 bridgehead atoms. The van der Waals surface area contributed by atoms with Gasteiger partial charge in [-0.2, -0.15) is 5.10 Å². The second-order valence-electron chi connectivity index (χ2n) is 3.78. The molecule has 1 aromatic heterocycles. The van der Waals surface area contributed by atoms with E-state index in [1.807, 2.05) is 24.4 Å². The molecule has 0 aliphatic heterocycles. The van der Waals surface area contributed by atoms with Crippen molar-refractivity contribution in [3.63, 3.8) is 0 Å². The Bertz CT molecular complexity index is 594. The van der Waals surface area contributed by atoms with Crippen molar-refractivity contribution in [2.24, 2.45) is 5.10 Å². The molecular weight excluding hydrogens is 262 g/mol. The Morgan fingerprint density at radius 2 is 2.16 bits per heavy atom. The number of benzene rings is 1. The summed E-state index contributed by atoms with van der Waals surface area (Å²) in [6.07, 6.45) is 0.758. The molecule has 1 aromatic carbocycles. The van der Waals surface area contributed by atoms with Crippen LogP contribution in [0.4, 0.5) is 11.4 Å². The summed E-state index contributed by atoms with van der Waals surface area (Å²) in [7, 11) is 0. The largest absolute Gasteiger partial charge is 0.294 e. The number of thiophene rings is 1. The van der Waals surface area contributed by atoms with Crippen LogP contribution in [-0.2, 0) is 0 Å². The highest BCUT2D eigenvalue weighted by Crippen LogP contribution is 2.23. The van der Waals surface area contributed by atoms with Gasteiger partial charge in [-0.25, -0.2) is 0 Å². The highest BCUT2D eigenvalue weighted by Gasteiger charge is 2.11. The van der Waals surface area contributed by atoms with Crippen molar-refractivity contribution in [1.82, 2.24) is 0 Å². The van der Waals surface area contributed by atoms with Crippen molar-refractivity contribution < 1.29 is 4.92 Å². The maximum Gasteiger partial charge on any atom is 0.294 e. The van der Waals surface area contributed by atoms with Crippen molar-refractivity contribution in [3.05, 3.63) is 56.8 Å². The minimum absolute atomic E-state index is 0.0212. The van der Waals surface area contributed by atoms with E-state index in [2.05, 4.69) is 10.5 Å². The molecule has 98 valence electrons. The molecule has 1 heterocycles. The van der Waals surface area contributed by atoms with E-state index in [9.17, 15) is 10.1 Å². The Morgan fingerprint density at radius 3 is 2.79 bits per heavy atom. The zero-order valence-corrected chi connectivity index (χ0v) is 11.2. The van der Waals surface area contributed by atoms with Crippen molar-refractivity contribution in [1.29, 1.82) is 0 Å². The highest BCUT2D eigenvalue weighted by molar-refractivity contribution is 7.12. The van der Waals surface area contributed by atoms with E-state index in [0.29, 0.717) is 5.69 Å². The average molecular weight is 275 g/mol. The van der Waals surface area contributed by atoms with E-state index in [4.69, 9.17) is 0 Å². The molecule has 0 saturated heterocycles. The van der Waals surface area contributed by atoms with Crippen LogP contribution in [0.1, 0.15) is 18.2 Å². The minimum atomic E-state index is -0.422. The Balaban J connectivity index is 2.24. The van der Waals surface area contributed by atoms with Crippen LogP contribution in [0.5, 0.6) is 0 Å². The lowest BCUT2D eigenvalue weighted by molar-refractivity contribution is -0.384. The zero-order valence-electron chi connectivity index (χ0n) is 10.4. The van der Waals surface area contributed by atoms with Crippen LogP contribution in [0.3, 0.4) is 0 Å². The predicted octanol–water partition coefficient (Wildman–Crippen LogP) is 3.88. The van der Waals surface area contributed by atoms with Gasteiger partial charge in [0, 0.05) is 6.07 Å². The third-order valence-corrected chi connectivity index (χ3v) is 3.47. The molecule has 6 heteroatoms. The maximum absolute atomic E-state index is 10.9. The van der Waals surface area contributed by atoms with Crippen molar-refractivity contribution >= 4 is 28.4 Å². The second-order valence-corrected chi connectivity index (χ2v) is 4.72. The maximum atomic E-state index is 10.9. The molecule has 0 amide bonds. The van der Waals surface area contributed by atoms with E-state index in [1.165, 1.54) is 6.07 Å². The van der Waals surface area contributed by atoms with Crippen molar-refractivity contribution in [2.75, 3.05) is 5.43 Å². The molecule has 0 aliphatic carbocycles. The third kappa shape index (κ3) is 3.17. The van der Waals surface area contributed by atoms with Crippen LogP contribution in [0.15, 0.2) is 46.9 Å². The summed E-state index contributed by atoms with van der Waals surface area (Å²) < 4.78 is 0. The average Bonchev–Trinajstić information content (AvgIpc) is 2.94. The van der Waals surface area contributed by atoms with Gasteiger partial charge in [-0.05, 0) is 23.9 Å². The van der Waals surface area contributed by atoms with Gasteiger partial charge in [0.15, 0.2) is 0 Å². The molecule has 0 radical (unpaired) electrons. The van der Waals surface area contributed by atoms with Crippen LogP contribution in [0, 0.1) is 10.1 Å². The van der Waals surface area contributed by atoms with Gasteiger partial charge in [-0.15, -0.1) is 11.3 Å². The van der Waals surface area contributed by atoms with Gasteiger partial charge in [0.05, 0.1) is 15.5 Å². The van der Waals surface area contributed by atoms with Crippen LogP contribution in [-0.4, -0.2) is 10.6 Å². The zero-order chi connectivity index (χ0) is 13.7. The number of hydrazone groups is 1. The molecule has 0 spiro atoms. The van der Waals surface area contributed by atoms with Gasteiger partial charge in [0.2, 0.25) is 0 Å². The fourth-order valence-electron chi connectivity index (χ4n) is 1.61. The monoisotopic (exact) mass is 275 g/mol. The first-order valence-electron chi connectivity index (χ1n) is 5.82. The molecule has 2 aromatic rings. The lowest BCUT2D eigenvalue weighted by Crippen LogP contribution is -2.02. The number of nitrogens with zero attached hydrogens (tertiary/aromatic N) is 2. The van der Waals surface area contributed by atoms with E-state index in [1.54, 1.807) is 29.5 Å². The number of nitro benzene ring substituents is 1. The van der Waals surface area contributed by atoms with E-state index in [-0.39, 0.29) is 5.69 Å². The number of nitrogens with one attached hydrogen (secondary N) is 1. The molecule has 0 aliphatic rings. The Kier molecular flexibility index (Phi) is 4.25. The number of hydrogen-bond acceptors (Lipinski definition) is 5. The standard InChI is InChI=1S/C13H13N3O2S/c1-2-10(13-8-5-9-19-13)14-15-11-6-3-4-7-12(11)16(17)18/h3-9,15H,2H2,1H3/b14-10-. The molecule has 5 nitrogen and oxygen atoms in total. The summed E-state index contributed by atoms with van der Waals surface area (Å²) in [5.41, 5.74) is 4.09. The summed E-state index contributed by atoms with van der Waals surface area (Å²) in [4.78, 5) is 11.5. The number of anilines is 1. The Labute approximate surface area is 114 Å². The van der Waals surface area contributed by atoms with Gasteiger partial charge in [-0.1, -0.05) is 25.1 Å². The summed E-state index contributed by atoms with van der Waals surface area (Å²) in [5, 5.41) is 17.1. The normalized spacial score (nSPS) is 11.3. The fraction of sp³-hybridized carbons (Fsp3) is 0.154. The number of nitro groups is 1. The molecular formula is C13H13N3O2S.